The number of hydrogen-bond donors (Lipinski definition) is 0. The lowest BCUT2D eigenvalue weighted by atomic mass is 10.1. The maximum absolute atomic E-state index is 13.1. The van der Waals surface area contributed by atoms with Crippen LogP contribution in [0, 0.1) is 11.8 Å². The Morgan fingerprint density at radius 1 is 1.03 bits per heavy atom. The molecule has 0 spiro atoms. The molecule has 3 aromatic rings. The summed E-state index contributed by atoms with van der Waals surface area (Å²) >= 11 is 5.92. The van der Waals surface area contributed by atoms with E-state index in [1.165, 1.54) is 0 Å². The molecule has 6 nitrogen and oxygen atoms in total. The zero-order valence-corrected chi connectivity index (χ0v) is 17.8. The molecule has 0 unspecified atom stereocenters. The van der Waals surface area contributed by atoms with E-state index in [9.17, 15) is 4.79 Å². The number of piperazine rings is 1. The van der Waals surface area contributed by atoms with Gasteiger partial charge in [-0.3, -0.25) is 4.79 Å². The Morgan fingerprint density at radius 3 is 2.55 bits per heavy atom. The number of pyridine rings is 2. The average molecular weight is 433 g/mol. The van der Waals surface area contributed by atoms with Crippen LogP contribution in [-0.2, 0) is 0 Å². The monoisotopic (exact) mass is 432 g/mol. The highest BCUT2D eigenvalue weighted by Gasteiger charge is 2.23. The molecular weight excluding hydrogens is 412 g/mol. The topological polar surface area (TPSA) is 58.6 Å². The summed E-state index contributed by atoms with van der Waals surface area (Å²) in [6, 6.07) is 14.6. The number of halogens is 1. The Hall–Kier alpha value is -3.56. The van der Waals surface area contributed by atoms with Crippen LogP contribution in [0.2, 0.25) is 5.02 Å². The number of anilines is 1. The van der Waals surface area contributed by atoms with Crippen molar-refractivity contribution in [2.75, 3.05) is 38.2 Å². The van der Waals surface area contributed by atoms with Gasteiger partial charge in [0.2, 0.25) is 0 Å². The van der Waals surface area contributed by atoms with Crippen LogP contribution in [0.5, 0.6) is 5.75 Å². The summed E-state index contributed by atoms with van der Waals surface area (Å²) < 4.78 is 5.41. The Labute approximate surface area is 186 Å². The molecule has 0 saturated carbocycles. The summed E-state index contributed by atoms with van der Waals surface area (Å²) in [5.74, 6) is 7.57. The molecule has 0 N–H and O–H groups in total. The van der Waals surface area contributed by atoms with Gasteiger partial charge in [-0.2, -0.15) is 0 Å². The van der Waals surface area contributed by atoms with Crippen molar-refractivity contribution in [1.29, 1.82) is 0 Å². The third-order valence-electron chi connectivity index (χ3n) is 5.04. The Balaban J connectivity index is 1.47. The molecule has 2 aromatic heterocycles. The lowest BCUT2D eigenvalue weighted by molar-refractivity contribution is 0.0746. The SMILES string of the molecule is COc1ccc(C(=O)N2CCN(c3ccc(Cl)cn3)CC2)cc1C#Cc1ccccn1. The zero-order chi connectivity index (χ0) is 21.6. The van der Waals surface area contributed by atoms with Gasteiger partial charge in [-0.25, -0.2) is 9.97 Å². The molecule has 0 aliphatic carbocycles. The average Bonchev–Trinajstić information content (AvgIpc) is 2.83. The Bertz CT molecular complexity index is 1120. The second-order valence-electron chi connectivity index (χ2n) is 6.99. The van der Waals surface area contributed by atoms with Crippen molar-refractivity contribution in [2.24, 2.45) is 0 Å². The normalized spacial score (nSPS) is 13.4. The molecule has 156 valence electrons. The highest BCUT2D eigenvalue weighted by molar-refractivity contribution is 6.30. The van der Waals surface area contributed by atoms with Gasteiger partial charge in [0, 0.05) is 44.1 Å². The van der Waals surface area contributed by atoms with Crippen molar-refractivity contribution in [3.63, 3.8) is 0 Å². The minimum absolute atomic E-state index is 0.0211. The van der Waals surface area contributed by atoms with Gasteiger partial charge in [-0.1, -0.05) is 23.6 Å². The van der Waals surface area contributed by atoms with Gasteiger partial charge in [-0.15, -0.1) is 0 Å². The number of hydrogen-bond acceptors (Lipinski definition) is 5. The molecule has 0 bridgehead atoms. The highest BCUT2D eigenvalue weighted by Crippen LogP contribution is 2.21. The minimum atomic E-state index is -0.0211. The van der Waals surface area contributed by atoms with E-state index in [1.54, 1.807) is 37.7 Å². The van der Waals surface area contributed by atoms with Gasteiger partial charge in [0.05, 0.1) is 17.7 Å². The van der Waals surface area contributed by atoms with Crippen LogP contribution in [0.1, 0.15) is 21.6 Å². The maximum atomic E-state index is 13.1. The van der Waals surface area contributed by atoms with E-state index in [1.807, 2.05) is 35.2 Å². The first kappa shape index (κ1) is 20.7. The second-order valence-corrected chi connectivity index (χ2v) is 7.43. The molecule has 3 heterocycles. The van der Waals surface area contributed by atoms with Crippen LogP contribution < -0.4 is 9.64 Å². The van der Waals surface area contributed by atoms with E-state index in [-0.39, 0.29) is 5.91 Å². The summed E-state index contributed by atoms with van der Waals surface area (Å²) in [6.45, 7) is 2.65. The quantitative estimate of drug-likeness (QED) is 0.593. The van der Waals surface area contributed by atoms with Crippen molar-refractivity contribution in [3.05, 3.63) is 82.8 Å². The molecule has 31 heavy (non-hydrogen) atoms. The molecule has 1 aliphatic rings. The molecule has 4 rings (SSSR count). The summed E-state index contributed by atoms with van der Waals surface area (Å²) in [6.07, 6.45) is 3.33. The Kier molecular flexibility index (Phi) is 6.34. The fraction of sp³-hybridized carbons (Fsp3) is 0.208. The van der Waals surface area contributed by atoms with E-state index < -0.39 is 0 Å². The lowest BCUT2D eigenvalue weighted by Crippen LogP contribution is -2.49. The third kappa shape index (κ3) is 4.96. The summed E-state index contributed by atoms with van der Waals surface area (Å²) in [5.41, 5.74) is 1.90. The summed E-state index contributed by atoms with van der Waals surface area (Å²) in [5, 5.41) is 0.610. The van der Waals surface area contributed by atoms with E-state index in [0.29, 0.717) is 53.8 Å². The molecular formula is C24H21ClN4O2. The number of ether oxygens (including phenoxy) is 1. The van der Waals surface area contributed by atoms with Crippen molar-refractivity contribution in [1.82, 2.24) is 14.9 Å². The standard InChI is InChI=1S/C24H21ClN4O2/c1-31-22-9-6-19(16-18(22)5-8-21-4-2-3-11-26-21)24(30)29-14-12-28(13-15-29)23-10-7-20(25)17-27-23/h2-4,6-7,9-11,16-17H,12-15H2,1H3. The van der Waals surface area contributed by atoms with Crippen LogP contribution in [0.3, 0.4) is 0 Å². The van der Waals surface area contributed by atoms with E-state index in [4.69, 9.17) is 16.3 Å². The van der Waals surface area contributed by atoms with E-state index in [2.05, 4.69) is 26.7 Å². The molecule has 0 radical (unpaired) electrons. The fourth-order valence-corrected chi connectivity index (χ4v) is 3.49. The number of carbonyl (C=O) groups is 1. The van der Waals surface area contributed by atoms with Gasteiger partial charge in [0.25, 0.3) is 5.91 Å². The van der Waals surface area contributed by atoms with Gasteiger partial charge >= 0.3 is 0 Å². The van der Waals surface area contributed by atoms with E-state index in [0.717, 1.165) is 5.82 Å². The predicted molar refractivity (Wildman–Crippen MR) is 121 cm³/mol. The highest BCUT2D eigenvalue weighted by atomic mass is 35.5. The van der Waals surface area contributed by atoms with Crippen LogP contribution in [0.4, 0.5) is 5.82 Å². The molecule has 1 amide bonds. The summed E-state index contributed by atoms with van der Waals surface area (Å²) in [7, 11) is 1.59. The van der Waals surface area contributed by atoms with Crippen LogP contribution in [0.25, 0.3) is 0 Å². The van der Waals surface area contributed by atoms with Crippen molar-refractivity contribution < 1.29 is 9.53 Å². The molecule has 1 aromatic carbocycles. The second kappa shape index (κ2) is 9.50. The fourth-order valence-electron chi connectivity index (χ4n) is 3.38. The van der Waals surface area contributed by atoms with Crippen molar-refractivity contribution in [2.45, 2.75) is 0 Å². The number of aromatic nitrogens is 2. The molecule has 1 saturated heterocycles. The molecule has 7 heteroatoms. The maximum Gasteiger partial charge on any atom is 0.254 e. The van der Waals surface area contributed by atoms with Gasteiger partial charge in [0.15, 0.2) is 0 Å². The number of rotatable bonds is 3. The lowest BCUT2D eigenvalue weighted by Gasteiger charge is -2.35. The van der Waals surface area contributed by atoms with E-state index >= 15 is 0 Å². The predicted octanol–water partition coefficient (Wildman–Crippen LogP) is 3.50. The first-order chi connectivity index (χ1) is 15.1. The number of methoxy groups -OCH3 is 1. The molecule has 1 fully saturated rings. The molecule has 1 aliphatic heterocycles. The first-order valence-corrected chi connectivity index (χ1v) is 10.3. The van der Waals surface area contributed by atoms with Gasteiger partial charge in [0.1, 0.15) is 17.3 Å². The molecule has 0 atom stereocenters. The summed E-state index contributed by atoms with van der Waals surface area (Å²) in [4.78, 5) is 25.7. The number of nitrogens with zero attached hydrogens (tertiary/aromatic N) is 4. The third-order valence-corrected chi connectivity index (χ3v) is 5.26. The van der Waals surface area contributed by atoms with Crippen LogP contribution >= 0.6 is 11.6 Å². The van der Waals surface area contributed by atoms with Crippen LogP contribution in [-0.4, -0.2) is 54.1 Å². The smallest absolute Gasteiger partial charge is 0.254 e. The number of amides is 1. The van der Waals surface area contributed by atoms with Gasteiger partial charge < -0.3 is 14.5 Å². The largest absolute Gasteiger partial charge is 0.495 e. The van der Waals surface area contributed by atoms with Crippen molar-refractivity contribution >= 4 is 23.3 Å². The van der Waals surface area contributed by atoms with Crippen LogP contribution in [0.15, 0.2) is 60.9 Å². The van der Waals surface area contributed by atoms with Gasteiger partial charge in [-0.05, 0) is 48.4 Å². The van der Waals surface area contributed by atoms with Crippen molar-refractivity contribution in [3.8, 4) is 17.6 Å². The number of carbonyl (C=O) groups excluding carboxylic acids is 1. The minimum Gasteiger partial charge on any atom is -0.495 e. The zero-order valence-electron chi connectivity index (χ0n) is 17.1. The first-order valence-electron chi connectivity index (χ1n) is 9.91. The Morgan fingerprint density at radius 2 is 1.87 bits per heavy atom. The number of benzene rings is 1.